The molecule has 1 amide bonds. The van der Waals surface area contributed by atoms with Gasteiger partial charge in [0.2, 0.25) is 0 Å². The predicted molar refractivity (Wildman–Crippen MR) is 145 cm³/mol. The minimum Gasteiger partial charge on any atom is -0.361 e. The Hall–Kier alpha value is -2.90. The van der Waals surface area contributed by atoms with Crippen LogP contribution in [0.1, 0.15) is 22.3 Å². The van der Waals surface area contributed by atoms with Crippen LogP contribution in [0.5, 0.6) is 0 Å². The number of nitrogens with one attached hydrogen (secondary N) is 2. The molecule has 0 unspecified atom stereocenters. The number of amides is 1. The number of H-pyrrole nitrogens is 1. The van der Waals surface area contributed by atoms with Crippen LogP contribution in [-0.4, -0.2) is 17.1 Å². The fourth-order valence-corrected chi connectivity index (χ4v) is 4.20. The van der Waals surface area contributed by atoms with E-state index in [9.17, 15) is 4.79 Å². The summed E-state index contributed by atoms with van der Waals surface area (Å²) in [7, 11) is 0. The second-order valence-electron chi connectivity index (χ2n) is 7.63. The van der Waals surface area contributed by atoms with Crippen LogP contribution in [0, 0.1) is 0 Å². The van der Waals surface area contributed by atoms with Crippen molar-refractivity contribution in [1.29, 1.82) is 0 Å². The van der Waals surface area contributed by atoms with Crippen LogP contribution < -0.4 is 11.1 Å². The smallest absolute Gasteiger partial charge is 0.251 e. The van der Waals surface area contributed by atoms with Crippen molar-refractivity contribution in [2.45, 2.75) is 13.1 Å². The van der Waals surface area contributed by atoms with E-state index in [1.54, 1.807) is 18.3 Å². The third-order valence-corrected chi connectivity index (χ3v) is 6.68. The Bertz CT molecular complexity index is 1410. The summed E-state index contributed by atoms with van der Waals surface area (Å²) < 4.78 is 0.957. The Balaban J connectivity index is 1.58. The fourth-order valence-electron chi connectivity index (χ4n) is 3.47. The SMILES string of the molecule is C=C(C(=O)NCc1ccc(CN)cc1)c1ccc(Cl)c(Cl)c1N=Cc1c[nH]c2ccc(Br)cc12. The highest BCUT2D eigenvalue weighted by Gasteiger charge is 2.17. The van der Waals surface area contributed by atoms with Crippen molar-refractivity contribution in [3.05, 3.63) is 104 Å². The Morgan fingerprint density at radius 1 is 1.12 bits per heavy atom. The maximum Gasteiger partial charge on any atom is 0.251 e. The lowest BCUT2D eigenvalue weighted by molar-refractivity contribution is -0.115. The monoisotopic (exact) mass is 554 g/mol. The second-order valence-corrected chi connectivity index (χ2v) is 9.33. The molecule has 0 aliphatic heterocycles. The van der Waals surface area contributed by atoms with Crippen molar-refractivity contribution in [3.63, 3.8) is 0 Å². The van der Waals surface area contributed by atoms with Crippen molar-refractivity contribution in [1.82, 2.24) is 10.3 Å². The summed E-state index contributed by atoms with van der Waals surface area (Å²) >= 11 is 16.2. The van der Waals surface area contributed by atoms with Crippen LogP contribution in [-0.2, 0) is 17.9 Å². The van der Waals surface area contributed by atoms with Gasteiger partial charge in [-0.25, -0.2) is 0 Å². The minimum absolute atomic E-state index is 0.242. The van der Waals surface area contributed by atoms with E-state index in [1.807, 2.05) is 48.7 Å². The summed E-state index contributed by atoms with van der Waals surface area (Å²) in [6.07, 6.45) is 3.55. The molecular weight excluding hydrogens is 535 g/mol. The predicted octanol–water partition coefficient (Wildman–Crippen LogP) is 6.78. The number of hydrogen-bond acceptors (Lipinski definition) is 3. The maximum absolute atomic E-state index is 12.9. The van der Waals surface area contributed by atoms with Gasteiger partial charge in [-0.2, -0.15) is 0 Å². The van der Waals surface area contributed by atoms with Crippen molar-refractivity contribution < 1.29 is 4.79 Å². The largest absolute Gasteiger partial charge is 0.361 e. The molecular formula is C26H21BrCl2N4O. The first-order chi connectivity index (χ1) is 16.4. The number of carbonyl (C=O) groups excluding carboxylic acids is 1. The zero-order valence-electron chi connectivity index (χ0n) is 18.0. The molecule has 0 atom stereocenters. The summed E-state index contributed by atoms with van der Waals surface area (Å²) in [5.41, 5.74) is 10.6. The van der Waals surface area contributed by atoms with Crippen LogP contribution in [0.4, 0.5) is 5.69 Å². The molecule has 0 radical (unpaired) electrons. The van der Waals surface area contributed by atoms with Crippen LogP contribution in [0.15, 0.2) is 76.8 Å². The molecule has 0 aliphatic carbocycles. The van der Waals surface area contributed by atoms with Gasteiger partial charge in [-0.3, -0.25) is 9.79 Å². The summed E-state index contributed by atoms with van der Waals surface area (Å²) in [6, 6.07) is 17.0. The van der Waals surface area contributed by atoms with Gasteiger partial charge < -0.3 is 16.0 Å². The average Bonchev–Trinajstić information content (AvgIpc) is 3.25. The number of aliphatic imine (C=N–C) groups is 1. The van der Waals surface area contributed by atoms with Gasteiger partial charge in [0.25, 0.3) is 5.91 Å². The quantitative estimate of drug-likeness (QED) is 0.173. The molecule has 0 aliphatic rings. The van der Waals surface area contributed by atoms with Crippen molar-refractivity contribution >= 4 is 73.4 Å². The molecule has 0 saturated heterocycles. The number of halogens is 3. The molecule has 172 valence electrons. The third kappa shape index (κ3) is 5.26. The summed E-state index contributed by atoms with van der Waals surface area (Å²) in [5, 5.41) is 4.48. The van der Waals surface area contributed by atoms with E-state index in [-0.39, 0.29) is 16.5 Å². The Labute approximate surface area is 215 Å². The van der Waals surface area contributed by atoms with E-state index in [0.717, 1.165) is 32.1 Å². The molecule has 1 heterocycles. The zero-order valence-corrected chi connectivity index (χ0v) is 21.1. The van der Waals surface area contributed by atoms with Crippen LogP contribution in [0.25, 0.3) is 16.5 Å². The van der Waals surface area contributed by atoms with E-state index in [2.05, 4.69) is 37.8 Å². The van der Waals surface area contributed by atoms with E-state index >= 15 is 0 Å². The maximum atomic E-state index is 12.9. The lowest BCUT2D eigenvalue weighted by Gasteiger charge is -2.12. The van der Waals surface area contributed by atoms with Crippen LogP contribution in [0.3, 0.4) is 0 Å². The molecule has 0 bridgehead atoms. The third-order valence-electron chi connectivity index (χ3n) is 5.39. The number of nitrogens with zero attached hydrogens (tertiary/aromatic N) is 1. The molecule has 4 N–H and O–H groups in total. The van der Waals surface area contributed by atoms with Gasteiger partial charge in [-0.1, -0.05) is 76.0 Å². The normalized spacial score (nSPS) is 11.3. The highest BCUT2D eigenvalue weighted by molar-refractivity contribution is 9.10. The van der Waals surface area contributed by atoms with Gasteiger partial charge in [-0.05, 0) is 35.4 Å². The van der Waals surface area contributed by atoms with Gasteiger partial charge in [-0.15, -0.1) is 0 Å². The highest BCUT2D eigenvalue weighted by Crippen LogP contribution is 2.38. The van der Waals surface area contributed by atoms with E-state index in [0.29, 0.717) is 29.4 Å². The Morgan fingerprint density at radius 3 is 2.59 bits per heavy atom. The summed E-state index contributed by atoms with van der Waals surface area (Å²) in [5.74, 6) is -0.325. The van der Waals surface area contributed by atoms with Crippen LogP contribution >= 0.6 is 39.1 Å². The number of fused-ring (bicyclic) bond motifs is 1. The molecule has 34 heavy (non-hydrogen) atoms. The Kier molecular flexibility index (Phi) is 7.54. The van der Waals surface area contributed by atoms with Crippen molar-refractivity contribution in [2.24, 2.45) is 10.7 Å². The highest BCUT2D eigenvalue weighted by atomic mass is 79.9. The first-order valence-electron chi connectivity index (χ1n) is 10.4. The van der Waals surface area contributed by atoms with Gasteiger partial charge >= 0.3 is 0 Å². The first-order valence-corrected chi connectivity index (χ1v) is 12.0. The number of benzene rings is 3. The number of aromatic amines is 1. The molecule has 0 saturated carbocycles. The second kappa shape index (κ2) is 10.6. The number of carbonyl (C=O) groups is 1. The first kappa shape index (κ1) is 24.2. The standard InChI is InChI=1S/C26H21BrCl2N4O/c1-15(26(34)33-12-17-4-2-16(11-30)3-5-17)20-7-8-22(28)24(29)25(20)32-14-18-13-31-23-9-6-19(27)10-21(18)23/h2-10,13-14,31H,1,11-12,30H2,(H,33,34). The molecule has 4 rings (SSSR count). The van der Waals surface area contributed by atoms with Gasteiger partial charge in [0.1, 0.15) is 0 Å². The van der Waals surface area contributed by atoms with Crippen molar-refractivity contribution in [2.75, 3.05) is 0 Å². The molecule has 0 spiro atoms. The molecule has 3 aromatic carbocycles. The summed E-state index contributed by atoms with van der Waals surface area (Å²) in [6.45, 7) is 4.81. The van der Waals surface area contributed by atoms with Crippen molar-refractivity contribution in [3.8, 4) is 0 Å². The number of aromatic nitrogens is 1. The Morgan fingerprint density at radius 2 is 1.85 bits per heavy atom. The van der Waals surface area contributed by atoms with Gasteiger partial charge in [0, 0.05) is 57.6 Å². The zero-order chi connectivity index (χ0) is 24.2. The van der Waals surface area contributed by atoms with E-state index in [4.69, 9.17) is 28.9 Å². The number of hydrogen-bond donors (Lipinski definition) is 3. The molecule has 4 aromatic rings. The molecule has 0 fully saturated rings. The molecule has 8 heteroatoms. The van der Waals surface area contributed by atoms with Crippen LogP contribution in [0.2, 0.25) is 10.0 Å². The topological polar surface area (TPSA) is 83.3 Å². The molecule has 5 nitrogen and oxygen atoms in total. The molecule has 1 aromatic heterocycles. The van der Waals surface area contributed by atoms with Gasteiger partial charge in [0.05, 0.1) is 15.7 Å². The summed E-state index contributed by atoms with van der Waals surface area (Å²) in [4.78, 5) is 20.7. The van der Waals surface area contributed by atoms with E-state index < -0.39 is 0 Å². The lowest BCUT2D eigenvalue weighted by Crippen LogP contribution is -2.23. The minimum atomic E-state index is -0.325. The lowest BCUT2D eigenvalue weighted by atomic mass is 10.0. The van der Waals surface area contributed by atoms with Gasteiger partial charge in [0.15, 0.2) is 0 Å². The number of rotatable bonds is 7. The van der Waals surface area contributed by atoms with E-state index in [1.165, 1.54) is 0 Å². The average molecular weight is 556 g/mol. The fraction of sp³-hybridized carbons (Fsp3) is 0.0769. The number of nitrogens with two attached hydrogens (primary N) is 1.